The Kier molecular flexibility index (Phi) is 5.97. The summed E-state index contributed by atoms with van der Waals surface area (Å²) in [4.78, 5) is 41.8. The Labute approximate surface area is 209 Å². The highest BCUT2D eigenvalue weighted by atomic mass is 16.2. The quantitative estimate of drug-likeness (QED) is 0.128. The third kappa shape index (κ3) is 4.42. The van der Waals surface area contributed by atoms with Gasteiger partial charge in [0.05, 0.1) is 29.0 Å². The van der Waals surface area contributed by atoms with Crippen LogP contribution in [-0.4, -0.2) is 46.6 Å². The van der Waals surface area contributed by atoms with Gasteiger partial charge in [0.2, 0.25) is 5.91 Å². The van der Waals surface area contributed by atoms with Crippen LogP contribution in [0, 0.1) is 11.4 Å². The van der Waals surface area contributed by atoms with E-state index < -0.39 is 5.91 Å². The van der Waals surface area contributed by atoms with E-state index in [1.54, 1.807) is 18.6 Å². The van der Waals surface area contributed by atoms with E-state index in [1.165, 1.54) is 17.1 Å². The van der Waals surface area contributed by atoms with E-state index in [0.717, 1.165) is 11.1 Å². The molecule has 0 atom stereocenters. The number of aromatic amines is 1. The average Bonchev–Trinajstić information content (AvgIpc) is 3.44. The van der Waals surface area contributed by atoms with Gasteiger partial charge in [0.1, 0.15) is 16.7 Å². The van der Waals surface area contributed by atoms with E-state index in [9.17, 15) is 9.59 Å². The second kappa shape index (κ2) is 9.41. The fourth-order valence-corrected chi connectivity index (χ4v) is 3.94. The molecule has 186 valence electrons. The molecular formula is C23H22N12O2. The summed E-state index contributed by atoms with van der Waals surface area (Å²) in [6.45, 7) is 3.96. The van der Waals surface area contributed by atoms with Crippen LogP contribution in [0.5, 0.6) is 0 Å². The lowest BCUT2D eigenvalue weighted by molar-refractivity contribution is -0.116. The lowest BCUT2D eigenvalue weighted by Gasteiger charge is -2.08. The van der Waals surface area contributed by atoms with E-state index >= 15 is 0 Å². The van der Waals surface area contributed by atoms with Crippen molar-refractivity contribution >= 4 is 39.6 Å². The van der Waals surface area contributed by atoms with Crippen LogP contribution in [0.4, 0.5) is 5.69 Å². The van der Waals surface area contributed by atoms with E-state index in [0.29, 0.717) is 40.2 Å². The lowest BCUT2D eigenvalue weighted by atomic mass is 10.1. The van der Waals surface area contributed by atoms with E-state index in [-0.39, 0.29) is 22.9 Å². The molecule has 6 N–H and O–H groups in total. The predicted octanol–water partition coefficient (Wildman–Crippen LogP) is 2.81. The minimum Gasteiger partial charge on any atom is -0.337 e. The SMILES string of the molecule is CC(C)CC(=O)Nc1cncc(-c2cnc3n[nH]c(-c4nc5c(C(=O)NN=N)cncc5n4N)c3c2)c1. The highest BCUT2D eigenvalue weighted by Crippen LogP contribution is 2.31. The van der Waals surface area contributed by atoms with E-state index in [4.69, 9.17) is 11.4 Å². The highest BCUT2D eigenvalue weighted by molar-refractivity contribution is 6.05. The number of carbonyl (C=O) groups excluding carboxylic acids is 2. The number of hydrogen-bond donors (Lipinski definition) is 5. The summed E-state index contributed by atoms with van der Waals surface area (Å²) in [6, 6.07) is 3.68. The molecule has 5 heterocycles. The average molecular weight is 499 g/mol. The molecule has 0 saturated carbocycles. The number of nitrogens with two attached hydrogens (primary N) is 1. The van der Waals surface area contributed by atoms with Gasteiger partial charge in [-0.1, -0.05) is 19.1 Å². The fourth-order valence-electron chi connectivity index (χ4n) is 3.94. The molecule has 5 aromatic rings. The summed E-state index contributed by atoms with van der Waals surface area (Å²) in [6.07, 6.45) is 8.13. The van der Waals surface area contributed by atoms with Crippen molar-refractivity contribution in [3.05, 3.63) is 48.7 Å². The standard InChI is InChI=1S/C23H22N12O2/c1-11(2)3-18(36)29-14-4-12(6-26-8-14)13-5-15-20(31-32-21(15)28-7-13)22-30-19-16(23(37)33-34-24)9-27-10-17(19)35(22)25/h4-11H,3,25H2,1-2H3,(H,29,36)(H2,24,33,37)(H,28,31,32). The summed E-state index contributed by atoms with van der Waals surface area (Å²) < 4.78 is 1.29. The Bertz CT molecular complexity index is 1670. The van der Waals surface area contributed by atoms with Crippen molar-refractivity contribution in [2.75, 3.05) is 11.2 Å². The zero-order valence-corrected chi connectivity index (χ0v) is 19.9. The topological polar surface area (TPSA) is 206 Å². The Morgan fingerprint density at radius 1 is 1.14 bits per heavy atom. The number of nitrogens with zero attached hydrogens (tertiary/aromatic N) is 7. The Hall–Kier alpha value is -5.27. The van der Waals surface area contributed by atoms with Gasteiger partial charge in [0.15, 0.2) is 11.5 Å². The smallest absolute Gasteiger partial charge is 0.276 e. The van der Waals surface area contributed by atoms with Crippen molar-refractivity contribution in [1.82, 2.24) is 40.2 Å². The van der Waals surface area contributed by atoms with Crippen molar-refractivity contribution in [2.24, 2.45) is 11.1 Å². The lowest BCUT2D eigenvalue weighted by Crippen LogP contribution is -2.17. The van der Waals surface area contributed by atoms with Crippen LogP contribution in [0.15, 0.2) is 48.3 Å². The molecule has 14 heteroatoms. The maximum absolute atomic E-state index is 12.3. The van der Waals surface area contributed by atoms with Gasteiger partial charge in [0, 0.05) is 36.1 Å². The minimum atomic E-state index is -0.635. The maximum atomic E-state index is 12.3. The van der Waals surface area contributed by atoms with Crippen LogP contribution >= 0.6 is 0 Å². The summed E-state index contributed by atoms with van der Waals surface area (Å²) in [7, 11) is 0. The second-order valence-corrected chi connectivity index (χ2v) is 8.72. The van der Waals surface area contributed by atoms with Crippen LogP contribution in [-0.2, 0) is 4.79 Å². The van der Waals surface area contributed by atoms with Crippen molar-refractivity contribution in [2.45, 2.75) is 20.3 Å². The zero-order valence-electron chi connectivity index (χ0n) is 19.9. The first-order chi connectivity index (χ1) is 17.9. The molecule has 0 aromatic carbocycles. The van der Waals surface area contributed by atoms with Gasteiger partial charge in [-0.2, -0.15) is 10.6 Å². The molecular weight excluding hydrogens is 476 g/mol. The fraction of sp³-hybridized carbons (Fsp3) is 0.174. The molecule has 0 bridgehead atoms. The Balaban J connectivity index is 1.56. The van der Waals surface area contributed by atoms with Crippen LogP contribution in [0.1, 0.15) is 30.6 Å². The van der Waals surface area contributed by atoms with Gasteiger partial charge in [0.25, 0.3) is 5.91 Å². The number of hydrogen-bond acceptors (Lipinski definition) is 10. The number of fused-ring (bicyclic) bond motifs is 2. The molecule has 0 unspecified atom stereocenters. The van der Waals surface area contributed by atoms with Crippen molar-refractivity contribution in [3.8, 4) is 22.6 Å². The molecule has 0 fully saturated rings. The first kappa shape index (κ1) is 23.5. The number of carbonyl (C=O) groups is 2. The molecule has 0 radical (unpaired) electrons. The van der Waals surface area contributed by atoms with Gasteiger partial charge >= 0.3 is 0 Å². The monoisotopic (exact) mass is 498 g/mol. The van der Waals surface area contributed by atoms with Gasteiger partial charge in [-0.05, 0) is 18.1 Å². The first-order valence-corrected chi connectivity index (χ1v) is 11.2. The molecule has 37 heavy (non-hydrogen) atoms. The molecule has 0 aliphatic heterocycles. The molecule has 0 aliphatic carbocycles. The largest absolute Gasteiger partial charge is 0.337 e. The number of nitrogens with one attached hydrogen (secondary N) is 4. The molecule has 14 nitrogen and oxygen atoms in total. The van der Waals surface area contributed by atoms with Gasteiger partial charge in [-0.25, -0.2) is 20.1 Å². The number of amides is 2. The van der Waals surface area contributed by atoms with Gasteiger partial charge < -0.3 is 11.2 Å². The molecule has 0 saturated heterocycles. The molecule has 5 aromatic heterocycles. The third-order valence-corrected chi connectivity index (χ3v) is 5.59. The second-order valence-electron chi connectivity index (χ2n) is 8.72. The first-order valence-electron chi connectivity index (χ1n) is 11.2. The Morgan fingerprint density at radius 3 is 2.70 bits per heavy atom. The normalized spacial score (nSPS) is 11.2. The van der Waals surface area contributed by atoms with E-state index in [1.807, 2.05) is 26.0 Å². The third-order valence-electron chi connectivity index (χ3n) is 5.59. The number of nitrogen functional groups attached to an aromatic ring is 1. The summed E-state index contributed by atoms with van der Waals surface area (Å²) >= 11 is 0. The predicted molar refractivity (Wildman–Crippen MR) is 134 cm³/mol. The highest BCUT2D eigenvalue weighted by Gasteiger charge is 2.21. The molecule has 2 amide bonds. The summed E-state index contributed by atoms with van der Waals surface area (Å²) in [5, 5.41) is 13.6. The number of aromatic nitrogens is 7. The maximum Gasteiger partial charge on any atom is 0.276 e. The van der Waals surface area contributed by atoms with Crippen LogP contribution in [0.3, 0.4) is 0 Å². The van der Waals surface area contributed by atoms with Gasteiger partial charge in [-0.15, -0.1) is 0 Å². The van der Waals surface area contributed by atoms with Crippen molar-refractivity contribution < 1.29 is 9.59 Å². The van der Waals surface area contributed by atoms with Crippen molar-refractivity contribution in [3.63, 3.8) is 0 Å². The summed E-state index contributed by atoms with van der Waals surface area (Å²) in [5.74, 6) is 6.14. The van der Waals surface area contributed by atoms with Crippen molar-refractivity contribution in [1.29, 1.82) is 5.53 Å². The Morgan fingerprint density at radius 2 is 1.92 bits per heavy atom. The number of rotatable bonds is 7. The number of pyridine rings is 3. The van der Waals surface area contributed by atoms with E-state index in [2.05, 4.69) is 46.1 Å². The van der Waals surface area contributed by atoms with Crippen LogP contribution in [0.2, 0.25) is 0 Å². The van der Waals surface area contributed by atoms with Crippen LogP contribution in [0.25, 0.3) is 44.7 Å². The summed E-state index contributed by atoms with van der Waals surface area (Å²) in [5.41, 5.74) is 12.7. The van der Waals surface area contributed by atoms with Gasteiger partial charge in [-0.3, -0.25) is 24.7 Å². The number of H-pyrrole nitrogens is 1. The zero-order chi connectivity index (χ0) is 26.1. The molecule has 0 spiro atoms. The molecule has 5 rings (SSSR count). The van der Waals surface area contributed by atoms with Crippen LogP contribution < -0.4 is 16.6 Å². The molecule has 0 aliphatic rings. The minimum absolute atomic E-state index is 0.0829. The number of imidazole rings is 1. The number of anilines is 1.